The smallest absolute Gasteiger partial charge is 0.262 e. The van der Waals surface area contributed by atoms with Gasteiger partial charge >= 0.3 is 0 Å². The van der Waals surface area contributed by atoms with E-state index in [0.29, 0.717) is 23.5 Å². The molecule has 4 rings (SSSR count). The van der Waals surface area contributed by atoms with Gasteiger partial charge in [-0.15, -0.1) is 0 Å². The van der Waals surface area contributed by atoms with Crippen molar-refractivity contribution in [2.45, 2.75) is 18.9 Å². The Hall–Kier alpha value is -2.83. The molecule has 2 amide bonds. The van der Waals surface area contributed by atoms with Crippen LogP contribution in [0.1, 0.15) is 29.2 Å². The van der Waals surface area contributed by atoms with Crippen molar-refractivity contribution in [3.63, 3.8) is 0 Å². The topological polar surface area (TPSA) is 76.5 Å². The van der Waals surface area contributed by atoms with Crippen LogP contribution in [-0.2, 0) is 4.79 Å². The molecule has 2 aliphatic rings. The molecule has 1 N–H and O–H groups in total. The Morgan fingerprint density at radius 2 is 2.29 bits per heavy atom. The molecule has 0 spiro atoms. The van der Waals surface area contributed by atoms with E-state index < -0.39 is 0 Å². The number of hydrogen-bond donors (Lipinski definition) is 1. The summed E-state index contributed by atoms with van der Waals surface area (Å²) in [6.07, 6.45) is 7.45. The van der Waals surface area contributed by atoms with Crippen molar-refractivity contribution in [2.24, 2.45) is 0 Å². The average Bonchev–Trinajstić information content (AvgIpc) is 3.15. The van der Waals surface area contributed by atoms with Gasteiger partial charge in [-0.1, -0.05) is 6.07 Å². The first kappa shape index (κ1) is 14.7. The molecule has 0 bridgehead atoms. The Bertz CT molecular complexity index is 772. The Kier molecular flexibility index (Phi) is 3.68. The molecular formula is C17H18N4O3. The number of imidazole rings is 1. The Morgan fingerprint density at radius 3 is 3.12 bits per heavy atom. The number of amides is 2. The molecule has 7 heteroatoms. The normalized spacial score (nSPS) is 20.1. The van der Waals surface area contributed by atoms with E-state index in [4.69, 9.17) is 4.74 Å². The molecule has 0 saturated carbocycles. The molecular weight excluding hydrogens is 308 g/mol. The molecule has 0 radical (unpaired) electrons. The highest BCUT2D eigenvalue weighted by molar-refractivity contribution is 6.03. The van der Waals surface area contributed by atoms with Crippen LogP contribution in [0.4, 0.5) is 5.69 Å². The van der Waals surface area contributed by atoms with E-state index in [-0.39, 0.29) is 24.5 Å². The highest BCUT2D eigenvalue weighted by Gasteiger charge is 2.29. The van der Waals surface area contributed by atoms with Gasteiger partial charge in [0.2, 0.25) is 0 Å². The molecule has 1 fully saturated rings. The number of likely N-dealkylation sites (tertiary alicyclic amines) is 1. The van der Waals surface area contributed by atoms with Crippen molar-refractivity contribution in [1.29, 1.82) is 0 Å². The predicted molar refractivity (Wildman–Crippen MR) is 87.0 cm³/mol. The fraction of sp³-hybridized carbons (Fsp3) is 0.353. The van der Waals surface area contributed by atoms with E-state index in [1.54, 1.807) is 30.7 Å². The summed E-state index contributed by atoms with van der Waals surface area (Å²) in [5.41, 5.74) is 1.05. The van der Waals surface area contributed by atoms with Gasteiger partial charge in [0.1, 0.15) is 0 Å². The van der Waals surface area contributed by atoms with Crippen LogP contribution in [0.5, 0.6) is 5.75 Å². The maximum atomic E-state index is 13.0. The Morgan fingerprint density at radius 1 is 1.38 bits per heavy atom. The zero-order valence-corrected chi connectivity index (χ0v) is 13.1. The summed E-state index contributed by atoms with van der Waals surface area (Å²) in [6, 6.07) is 5.50. The van der Waals surface area contributed by atoms with Crippen molar-refractivity contribution in [2.75, 3.05) is 25.0 Å². The second-order valence-electron chi connectivity index (χ2n) is 6.08. The first-order valence-electron chi connectivity index (χ1n) is 8.05. The molecule has 124 valence electrons. The number of piperidine rings is 1. The third kappa shape index (κ3) is 2.62. The number of ether oxygens (including phenoxy) is 1. The lowest BCUT2D eigenvalue weighted by Gasteiger charge is -2.34. The van der Waals surface area contributed by atoms with Crippen molar-refractivity contribution in [3.8, 4) is 5.75 Å². The molecule has 1 unspecified atom stereocenters. The number of carbonyl (C=O) groups excluding carboxylic acids is 2. The number of hydrogen-bond acceptors (Lipinski definition) is 4. The molecule has 1 aromatic heterocycles. The van der Waals surface area contributed by atoms with E-state index in [1.807, 2.05) is 11.1 Å². The first-order chi connectivity index (χ1) is 11.7. The fourth-order valence-electron chi connectivity index (χ4n) is 3.32. The van der Waals surface area contributed by atoms with Crippen LogP contribution >= 0.6 is 0 Å². The van der Waals surface area contributed by atoms with Crippen LogP contribution in [0.15, 0.2) is 36.9 Å². The molecule has 0 aliphatic carbocycles. The summed E-state index contributed by atoms with van der Waals surface area (Å²) in [5, 5.41) is 2.74. The van der Waals surface area contributed by atoms with Gasteiger partial charge in [-0.3, -0.25) is 9.59 Å². The second-order valence-corrected chi connectivity index (χ2v) is 6.08. The lowest BCUT2D eigenvalue weighted by molar-refractivity contribution is -0.118. The van der Waals surface area contributed by atoms with Gasteiger partial charge in [0.15, 0.2) is 12.4 Å². The van der Waals surface area contributed by atoms with Crippen molar-refractivity contribution in [1.82, 2.24) is 14.5 Å². The number of nitrogens with zero attached hydrogens (tertiary/aromatic N) is 3. The number of fused-ring (bicyclic) bond motifs is 1. The van der Waals surface area contributed by atoms with E-state index >= 15 is 0 Å². The maximum Gasteiger partial charge on any atom is 0.262 e. The molecule has 1 aromatic carbocycles. The van der Waals surface area contributed by atoms with Crippen LogP contribution in [0.3, 0.4) is 0 Å². The monoisotopic (exact) mass is 326 g/mol. The number of rotatable bonds is 2. The van der Waals surface area contributed by atoms with Crippen LogP contribution in [0.25, 0.3) is 0 Å². The van der Waals surface area contributed by atoms with Gasteiger partial charge in [-0.05, 0) is 25.0 Å². The average molecular weight is 326 g/mol. The Balaban J connectivity index is 1.58. The summed E-state index contributed by atoms with van der Waals surface area (Å²) in [6.45, 7) is 1.31. The maximum absolute atomic E-state index is 13.0. The number of aromatic nitrogens is 2. The minimum Gasteiger partial charge on any atom is -0.481 e. The summed E-state index contributed by atoms with van der Waals surface area (Å²) in [7, 11) is 0. The van der Waals surface area contributed by atoms with Crippen molar-refractivity contribution >= 4 is 17.5 Å². The second kappa shape index (κ2) is 5.99. The highest BCUT2D eigenvalue weighted by atomic mass is 16.5. The van der Waals surface area contributed by atoms with Gasteiger partial charge < -0.3 is 19.5 Å². The largest absolute Gasteiger partial charge is 0.481 e. The zero-order chi connectivity index (χ0) is 16.5. The fourth-order valence-corrected chi connectivity index (χ4v) is 3.32. The van der Waals surface area contributed by atoms with E-state index in [1.165, 1.54) is 0 Å². The first-order valence-corrected chi connectivity index (χ1v) is 8.05. The van der Waals surface area contributed by atoms with Gasteiger partial charge in [0.05, 0.1) is 23.6 Å². The van der Waals surface area contributed by atoms with Gasteiger partial charge in [-0.25, -0.2) is 4.98 Å². The molecule has 7 nitrogen and oxygen atoms in total. The molecule has 1 saturated heterocycles. The standard InChI is InChI=1S/C17H18N4O3/c22-15-10-24-16-13(4-1-5-14(16)19-15)17(23)20-7-2-3-12(9-20)21-8-6-18-11-21/h1,4-6,8,11-12H,2-3,7,9-10H2,(H,19,22). The summed E-state index contributed by atoms with van der Waals surface area (Å²) < 4.78 is 7.56. The highest BCUT2D eigenvalue weighted by Crippen LogP contribution is 2.33. The summed E-state index contributed by atoms with van der Waals surface area (Å²) in [4.78, 5) is 30.4. The quantitative estimate of drug-likeness (QED) is 0.911. The van der Waals surface area contributed by atoms with Gasteiger partial charge in [-0.2, -0.15) is 0 Å². The summed E-state index contributed by atoms with van der Waals surface area (Å²) >= 11 is 0. The van der Waals surface area contributed by atoms with Crippen LogP contribution in [0.2, 0.25) is 0 Å². The molecule has 1 atom stereocenters. The zero-order valence-electron chi connectivity index (χ0n) is 13.1. The minimum absolute atomic E-state index is 0.0606. The SMILES string of the molecule is O=C1COc2c(cccc2C(=O)N2CCCC(n3ccnc3)C2)N1. The molecule has 2 aliphatic heterocycles. The lowest BCUT2D eigenvalue weighted by atomic mass is 10.0. The number of para-hydroxylation sites is 1. The minimum atomic E-state index is -0.203. The van der Waals surface area contributed by atoms with Crippen molar-refractivity contribution in [3.05, 3.63) is 42.5 Å². The molecule has 3 heterocycles. The van der Waals surface area contributed by atoms with Crippen LogP contribution in [0, 0.1) is 0 Å². The number of carbonyl (C=O) groups is 2. The van der Waals surface area contributed by atoms with E-state index in [9.17, 15) is 9.59 Å². The predicted octanol–water partition coefficient (Wildman–Crippen LogP) is 1.69. The van der Waals surface area contributed by atoms with Gasteiger partial charge in [0.25, 0.3) is 11.8 Å². The van der Waals surface area contributed by atoms with Crippen LogP contribution in [-0.4, -0.2) is 46.0 Å². The lowest BCUT2D eigenvalue weighted by Crippen LogP contribution is -2.41. The third-order valence-corrected chi connectivity index (χ3v) is 4.50. The van der Waals surface area contributed by atoms with Crippen LogP contribution < -0.4 is 10.1 Å². The number of benzene rings is 1. The van der Waals surface area contributed by atoms with E-state index in [0.717, 1.165) is 19.4 Å². The van der Waals surface area contributed by atoms with E-state index in [2.05, 4.69) is 14.9 Å². The molecule has 2 aromatic rings. The van der Waals surface area contributed by atoms with Crippen molar-refractivity contribution < 1.29 is 14.3 Å². The van der Waals surface area contributed by atoms with Gasteiger partial charge in [0, 0.05) is 25.5 Å². The number of anilines is 1. The third-order valence-electron chi connectivity index (χ3n) is 4.50. The number of nitrogens with one attached hydrogen (secondary N) is 1. The Labute approximate surface area is 139 Å². The summed E-state index contributed by atoms with van der Waals surface area (Å²) in [5.74, 6) is 0.199. The molecule has 24 heavy (non-hydrogen) atoms.